The minimum atomic E-state index is -0.715. The fraction of sp³-hybridized carbons (Fsp3) is 0.0909. The largest absolute Gasteiger partial charge is 0.234 e. The van der Waals surface area contributed by atoms with Crippen molar-refractivity contribution >= 4 is 33.2 Å². The van der Waals surface area contributed by atoms with E-state index in [1.807, 2.05) is 0 Å². The molecule has 0 bridgehead atoms. The van der Waals surface area contributed by atoms with Crippen LogP contribution in [0.3, 0.4) is 0 Å². The summed E-state index contributed by atoms with van der Waals surface area (Å²) in [6, 6.07) is 2.33. The number of allylic oxidation sites excluding steroid dienone is 1. The van der Waals surface area contributed by atoms with Crippen LogP contribution in [0, 0.1) is 11.6 Å². The van der Waals surface area contributed by atoms with Gasteiger partial charge in [-0.15, -0.1) is 0 Å². The first-order valence-electron chi connectivity index (χ1n) is 4.53. The lowest BCUT2D eigenvalue weighted by Crippen LogP contribution is -1.89. The molecule has 16 heavy (non-hydrogen) atoms. The van der Waals surface area contributed by atoms with Gasteiger partial charge >= 0.3 is 0 Å². The number of benzene rings is 1. The first-order chi connectivity index (χ1) is 7.56. The van der Waals surface area contributed by atoms with Crippen LogP contribution in [0.4, 0.5) is 14.5 Å². The van der Waals surface area contributed by atoms with Gasteiger partial charge in [-0.25, -0.2) is 18.8 Å². The molecular formula is C11H7BrF2N2. The van der Waals surface area contributed by atoms with Crippen LogP contribution in [-0.2, 0) is 0 Å². The predicted molar refractivity (Wildman–Crippen MR) is 63.4 cm³/mol. The zero-order valence-electron chi connectivity index (χ0n) is 8.34. The third-order valence-electron chi connectivity index (χ3n) is 1.97. The van der Waals surface area contributed by atoms with Gasteiger partial charge in [0.05, 0.1) is 0 Å². The molecule has 0 atom stereocenters. The number of aliphatic imine (C=N–C) groups is 2. The van der Waals surface area contributed by atoms with Crippen molar-refractivity contribution in [2.24, 2.45) is 9.98 Å². The van der Waals surface area contributed by atoms with E-state index in [1.54, 1.807) is 19.1 Å². The van der Waals surface area contributed by atoms with Crippen LogP contribution < -0.4 is 0 Å². The molecular weight excluding hydrogens is 278 g/mol. The van der Waals surface area contributed by atoms with Crippen molar-refractivity contribution in [1.29, 1.82) is 0 Å². The van der Waals surface area contributed by atoms with E-state index in [1.165, 1.54) is 0 Å². The molecule has 1 aromatic carbocycles. The number of nitrogens with zero attached hydrogens (tertiary/aromatic N) is 2. The first-order valence-corrected chi connectivity index (χ1v) is 5.32. The Balaban J connectivity index is 2.47. The quantitative estimate of drug-likeness (QED) is 0.750. The van der Waals surface area contributed by atoms with Crippen molar-refractivity contribution in [3.8, 4) is 0 Å². The molecule has 0 aliphatic carbocycles. The minimum Gasteiger partial charge on any atom is -0.234 e. The average Bonchev–Trinajstić information content (AvgIpc) is 2.58. The fourth-order valence-electron chi connectivity index (χ4n) is 1.27. The second-order valence-electron chi connectivity index (χ2n) is 3.27. The molecule has 0 spiro atoms. The van der Waals surface area contributed by atoms with Gasteiger partial charge in [0.25, 0.3) is 0 Å². The molecule has 1 aliphatic heterocycles. The van der Waals surface area contributed by atoms with Gasteiger partial charge in [0.1, 0.15) is 5.69 Å². The summed E-state index contributed by atoms with van der Waals surface area (Å²) in [5.41, 5.74) is 0.443. The molecule has 0 saturated carbocycles. The van der Waals surface area contributed by atoms with Gasteiger partial charge in [-0.2, -0.15) is 0 Å². The summed E-state index contributed by atoms with van der Waals surface area (Å²) < 4.78 is 27.2. The highest BCUT2D eigenvalue weighted by Crippen LogP contribution is 2.26. The summed E-state index contributed by atoms with van der Waals surface area (Å²) in [6.07, 6.45) is 3.34. The zero-order valence-corrected chi connectivity index (χ0v) is 9.92. The van der Waals surface area contributed by atoms with Crippen LogP contribution in [0.2, 0.25) is 0 Å². The molecule has 0 fully saturated rings. The molecule has 1 heterocycles. The Labute approximate surface area is 99.5 Å². The highest BCUT2D eigenvalue weighted by molar-refractivity contribution is 9.10. The molecule has 2 rings (SSSR count). The second-order valence-corrected chi connectivity index (χ2v) is 4.19. The Morgan fingerprint density at radius 3 is 2.31 bits per heavy atom. The maximum absolute atomic E-state index is 13.4. The fourth-order valence-corrected chi connectivity index (χ4v) is 1.67. The monoisotopic (exact) mass is 284 g/mol. The third-order valence-corrected chi connectivity index (χ3v) is 2.43. The van der Waals surface area contributed by atoms with Gasteiger partial charge in [-0.3, -0.25) is 0 Å². The topological polar surface area (TPSA) is 24.7 Å². The number of amidine groups is 1. The predicted octanol–water partition coefficient (Wildman–Crippen LogP) is 3.79. The van der Waals surface area contributed by atoms with E-state index in [4.69, 9.17) is 0 Å². The lowest BCUT2D eigenvalue weighted by molar-refractivity contribution is 0.586. The normalized spacial score (nSPS) is 17.0. The number of rotatable bonds is 1. The van der Waals surface area contributed by atoms with E-state index < -0.39 is 11.6 Å². The number of hydrogen-bond donors (Lipinski definition) is 0. The van der Waals surface area contributed by atoms with Crippen LogP contribution in [0.5, 0.6) is 0 Å². The molecule has 0 unspecified atom stereocenters. The molecule has 82 valence electrons. The van der Waals surface area contributed by atoms with Gasteiger partial charge in [0.2, 0.25) is 0 Å². The standard InChI is InChI=1S/C11H7BrF2N2/c1-6-2-3-10(15-6)16-11-8(13)4-7(12)5-9(11)14/h2-5H,1H3. The highest BCUT2D eigenvalue weighted by atomic mass is 79.9. The summed E-state index contributed by atoms with van der Waals surface area (Å²) >= 11 is 3.00. The molecule has 0 radical (unpaired) electrons. The zero-order chi connectivity index (χ0) is 11.7. The Hall–Kier alpha value is -1.36. The summed E-state index contributed by atoms with van der Waals surface area (Å²) in [5, 5.41) is 0. The molecule has 1 aliphatic rings. The van der Waals surface area contributed by atoms with E-state index >= 15 is 0 Å². The van der Waals surface area contributed by atoms with Crippen LogP contribution >= 0.6 is 15.9 Å². The van der Waals surface area contributed by atoms with E-state index in [0.717, 1.165) is 17.8 Å². The van der Waals surface area contributed by atoms with Gasteiger partial charge in [0, 0.05) is 10.2 Å². The Morgan fingerprint density at radius 1 is 1.19 bits per heavy atom. The first kappa shape index (κ1) is 11.1. The SMILES string of the molecule is CC1=NC(=Nc2c(F)cc(Br)cc2F)C=C1. The molecule has 0 N–H and O–H groups in total. The van der Waals surface area contributed by atoms with Gasteiger partial charge in [-0.05, 0) is 31.2 Å². The number of halogens is 3. The summed E-state index contributed by atoms with van der Waals surface area (Å²) in [4.78, 5) is 7.82. The highest BCUT2D eigenvalue weighted by Gasteiger charge is 2.11. The van der Waals surface area contributed by atoms with Gasteiger partial charge < -0.3 is 0 Å². The Morgan fingerprint density at radius 2 is 1.81 bits per heavy atom. The maximum atomic E-state index is 13.4. The smallest absolute Gasteiger partial charge is 0.153 e. The Kier molecular flexibility index (Phi) is 2.96. The average molecular weight is 285 g/mol. The molecule has 0 aromatic heterocycles. The van der Waals surface area contributed by atoms with E-state index in [0.29, 0.717) is 10.3 Å². The molecule has 5 heteroatoms. The maximum Gasteiger partial charge on any atom is 0.153 e. The second kappa shape index (κ2) is 4.25. The number of hydrogen-bond acceptors (Lipinski definition) is 1. The lowest BCUT2D eigenvalue weighted by atomic mass is 10.3. The minimum absolute atomic E-state index is 0.303. The lowest BCUT2D eigenvalue weighted by Gasteiger charge is -2.00. The van der Waals surface area contributed by atoms with Crippen LogP contribution in [-0.4, -0.2) is 11.5 Å². The van der Waals surface area contributed by atoms with Crippen molar-refractivity contribution in [3.63, 3.8) is 0 Å². The molecule has 2 nitrogen and oxygen atoms in total. The van der Waals surface area contributed by atoms with Crippen LogP contribution in [0.25, 0.3) is 0 Å². The van der Waals surface area contributed by atoms with E-state index in [-0.39, 0.29) is 5.69 Å². The summed E-state index contributed by atoms with van der Waals surface area (Å²) in [6.45, 7) is 1.79. The van der Waals surface area contributed by atoms with Crippen molar-refractivity contribution in [2.75, 3.05) is 0 Å². The van der Waals surface area contributed by atoms with Crippen LogP contribution in [0.15, 0.2) is 38.7 Å². The van der Waals surface area contributed by atoms with Crippen LogP contribution in [0.1, 0.15) is 6.92 Å². The summed E-state index contributed by atoms with van der Waals surface area (Å²) in [5.74, 6) is -1.13. The molecule has 1 aromatic rings. The van der Waals surface area contributed by atoms with Crippen molar-refractivity contribution in [2.45, 2.75) is 6.92 Å². The third kappa shape index (κ3) is 2.24. The van der Waals surface area contributed by atoms with Gasteiger partial charge in [0.15, 0.2) is 17.5 Å². The van der Waals surface area contributed by atoms with E-state index in [2.05, 4.69) is 25.9 Å². The van der Waals surface area contributed by atoms with Crippen molar-refractivity contribution < 1.29 is 8.78 Å². The molecule has 0 saturated heterocycles. The van der Waals surface area contributed by atoms with E-state index in [9.17, 15) is 8.78 Å². The Bertz CT molecular complexity index is 510. The van der Waals surface area contributed by atoms with Gasteiger partial charge in [-0.1, -0.05) is 15.9 Å². The summed E-state index contributed by atoms with van der Waals surface area (Å²) in [7, 11) is 0. The van der Waals surface area contributed by atoms with Crippen molar-refractivity contribution in [1.82, 2.24) is 0 Å². The molecule has 0 amide bonds. The van der Waals surface area contributed by atoms with Crippen molar-refractivity contribution in [3.05, 3.63) is 40.4 Å².